The van der Waals surface area contributed by atoms with Crippen molar-refractivity contribution in [3.63, 3.8) is 0 Å². The van der Waals surface area contributed by atoms with E-state index >= 15 is 0 Å². The fourth-order valence-electron chi connectivity index (χ4n) is 3.05. The number of aryl methyl sites for hydroxylation is 1. The maximum absolute atomic E-state index is 13.9. The van der Waals surface area contributed by atoms with E-state index in [1.807, 2.05) is 6.92 Å². The average Bonchev–Trinajstić information content (AvgIpc) is 2.71. The number of halogens is 1. The van der Waals surface area contributed by atoms with Crippen molar-refractivity contribution >= 4 is 27.8 Å². The molecule has 2 aromatic carbocycles. The van der Waals surface area contributed by atoms with Crippen LogP contribution < -0.4 is 4.74 Å². The second-order valence-corrected chi connectivity index (χ2v) is 7.42. The lowest BCUT2D eigenvalue weighted by molar-refractivity contribution is -0.139. The van der Waals surface area contributed by atoms with Gasteiger partial charge in [0.2, 0.25) is 5.88 Å². The summed E-state index contributed by atoms with van der Waals surface area (Å²) < 4.78 is 45.4. The van der Waals surface area contributed by atoms with Gasteiger partial charge in [-0.2, -0.15) is 0 Å². The summed E-state index contributed by atoms with van der Waals surface area (Å²) in [5.74, 6) is -0.189. The SMILES string of the molecule is CCc1cc(S(=O)O)cnc1Oc1c(C)c(CC(=O)OC)cc2ccc(F)cc12. The maximum Gasteiger partial charge on any atom is 0.309 e. The highest BCUT2D eigenvalue weighted by Crippen LogP contribution is 2.37. The van der Waals surface area contributed by atoms with E-state index in [1.165, 1.54) is 25.4 Å². The lowest BCUT2D eigenvalue weighted by atomic mass is 9.98. The highest BCUT2D eigenvalue weighted by molar-refractivity contribution is 7.79. The number of ether oxygens (including phenoxy) is 2. The Hall–Kier alpha value is -2.84. The first-order chi connectivity index (χ1) is 13.8. The van der Waals surface area contributed by atoms with Gasteiger partial charge < -0.3 is 14.0 Å². The van der Waals surface area contributed by atoms with Gasteiger partial charge in [0, 0.05) is 17.1 Å². The third-order valence-electron chi connectivity index (χ3n) is 4.66. The molecule has 1 aromatic heterocycles. The van der Waals surface area contributed by atoms with Gasteiger partial charge in [0.25, 0.3) is 0 Å². The van der Waals surface area contributed by atoms with Crippen molar-refractivity contribution in [3.05, 3.63) is 59.0 Å². The molecule has 0 aliphatic heterocycles. The molecule has 3 rings (SSSR count). The van der Waals surface area contributed by atoms with Crippen LogP contribution in [0.4, 0.5) is 4.39 Å². The molecule has 1 atom stereocenters. The summed E-state index contributed by atoms with van der Waals surface area (Å²) >= 11 is -2.16. The minimum Gasteiger partial charge on any atom is -0.469 e. The molecular formula is C21H20FNO5S. The van der Waals surface area contributed by atoms with E-state index in [0.717, 1.165) is 0 Å². The number of benzene rings is 2. The zero-order chi connectivity index (χ0) is 21.1. The number of methoxy groups -OCH3 is 1. The summed E-state index contributed by atoms with van der Waals surface area (Å²) in [6.45, 7) is 3.65. The highest BCUT2D eigenvalue weighted by Gasteiger charge is 2.18. The molecule has 0 saturated heterocycles. The minimum absolute atomic E-state index is 0.0442. The van der Waals surface area contributed by atoms with Crippen LogP contribution in [0.1, 0.15) is 23.6 Å². The number of aromatic nitrogens is 1. The number of nitrogens with zero attached hydrogens (tertiary/aromatic N) is 1. The minimum atomic E-state index is -2.16. The van der Waals surface area contributed by atoms with Crippen LogP contribution in [-0.2, 0) is 33.5 Å². The highest BCUT2D eigenvalue weighted by atomic mass is 32.2. The normalized spacial score (nSPS) is 12.0. The molecule has 8 heteroatoms. The Labute approximate surface area is 170 Å². The van der Waals surface area contributed by atoms with Crippen molar-refractivity contribution < 1.29 is 27.4 Å². The van der Waals surface area contributed by atoms with Gasteiger partial charge in [-0.25, -0.2) is 13.6 Å². The molecule has 1 N–H and O–H groups in total. The van der Waals surface area contributed by atoms with Gasteiger partial charge in [0.1, 0.15) is 11.6 Å². The van der Waals surface area contributed by atoms with E-state index in [4.69, 9.17) is 9.47 Å². The summed E-state index contributed by atoms with van der Waals surface area (Å²) in [4.78, 5) is 16.2. The zero-order valence-electron chi connectivity index (χ0n) is 16.2. The van der Waals surface area contributed by atoms with Gasteiger partial charge in [-0.15, -0.1) is 0 Å². The lowest BCUT2D eigenvalue weighted by Crippen LogP contribution is -2.07. The van der Waals surface area contributed by atoms with Gasteiger partial charge in [-0.05, 0) is 48.1 Å². The Kier molecular flexibility index (Phi) is 6.24. The molecule has 1 heterocycles. The number of hydrogen-bond acceptors (Lipinski definition) is 5. The Bertz CT molecular complexity index is 1120. The van der Waals surface area contributed by atoms with Gasteiger partial charge in [-0.3, -0.25) is 4.79 Å². The van der Waals surface area contributed by atoms with Crippen LogP contribution in [0.5, 0.6) is 11.6 Å². The van der Waals surface area contributed by atoms with Crippen molar-refractivity contribution in [2.45, 2.75) is 31.6 Å². The second-order valence-electron chi connectivity index (χ2n) is 6.45. The monoisotopic (exact) mass is 417 g/mol. The number of carbonyl (C=O) groups is 1. The second kappa shape index (κ2) is 8.67. The van der Waals surface area contributed by atoms with E-state index in [0.29, 0.717) is 39.6 Å². The number of pyridine rings is 1. The maximum atomic E-state index is 13.9. The van der Waals surface area contributed by atoms with E-state index < -0.39 is 22.9 Å². The summed E-state index contributed by atoms with van der Waals surface area (Å²) in [5, 5.41) is 1.24. The first-order valence-electron chi connectivity index (χ1n) is 8.90. The molecule has 0 bridgehead atoms. The molecule has 0 amide bonds. The Balaban J connectivity index is 2.17. The van der Waals surface area contributed by atoms with Gasteiger partial charge >= 0.3 is 5.97 Å². The molecule has 152 valence electrons. The molecule has 1 unspecified atom stereocenters. The zero-order valence-corrected chi connectivity index (χ0v) is 17.0. The third kappa shape index (κ3) is 4.44. The van der Waals surface area contributed by atoms with Crippen molar-refractivity contribution in [3.8, 4) is 11.6 Å². The fraction of sp³-hybridized carbons (Fsp3) is 0.238. The molecule has 0 aliphatic rings. The average molecular weight is 417 g/mol. The molecule has 0 spiro atoms. The molecule has 0 radical (unpaired) electrons. The lowest BCUT2D eigenvalue weighted by Gasteiger charge is -2.17. The first kappa shape index (κ1) is 20.9. The van der Waals surface area contributed by atoms with Gasteiger partial charge in [0.15, 0.2) is 11.1 Å². The Morgan fingerprint density at radius 2 is 2.00 bits per heavy atom. The van der Waals surface area contributed by atoms with Crippen LogP contribution in [0.25, 0.3) is 10.8 Å². The molecular weight excluding hydrogens is 397 g/mol. The van der Waals surface area contributed by atoms with Crippen LogP contribution in [0, 0.1) is 12.7 Å². The van der Waals surface area contributed by atoms with Crippen molar-refractivity contribution in [1.29, 1.82) is 0 Å². The van der Waals surface area contributed by atoms with Crippen LogP contribution in [0.3, 0.4) is 0 Å². The predicted octanol–water partition coefficient (Wildman–Crippen LogP) is 4.33. The topological polar surface area (TPSA) is 85.7 Å². The first-order valence-corrected chi connectivity index (χ1v) is 10.0. The smallest absolute Gasteiger partial charge is 0.309 e. The number of fused-ring (bicyclic) bond motifs is 1. The van der Waals surface area contributed by atoms with Crippen LogP contribution in [0.15, 0.2) is 41.4 Å². The van der Waals surface area contributed by atoms with E-state index in [1.54, 1.807) is 25.1 Å². The molecule has 0 saturated carbocycles. The third-order valence-corrected chi connectivity index (χ3v) is 5.28. The number of rotatable bonds is 6. The van der Waals surface area contributed by atoms with E-state index in [9.17, 15) is 17.9 Å². The number of esters is 1. The molecule has 0 fully saturated rings. The summed E-state index contributed by atoms with van der Waals surface area (Å²) in [5.41, 5.74) is 1.98. The molecule has 0 aliphatic carbocycles. The molecule has 3 aromatic rings. The Morgan fingerprint density at radius 3 is 2.66 bits per heavy atom. The predicted molar refractivity (Wildman–Crippen MR) is 107 cm³/mol. The quantitative estimate of drug-likeness (QED) is 0.475. The van der Waals surface area contributed by atoms with Crippen molar-refractivity contribution in [2.75, 3.05) is 7.11 Å². The van der Waals surface area contributed by atoms with Crippen LogP contribution in [-0.4, -0.2) is 26.8 Å². The standard InChI is InChI=1S/C21H20FNO5S/c1-4-13-8-17(29(25)26)11-23-21(13)28-20-12(2)15(9-19(24)27-3)7-14-5-6-16(22)10-18(14)20/h5-8,10-11H,4,9H2,1-3H3,(H,25,26). The van der Waals surface area contributed by atoms with E-state index in [2.05, 4.69) is 4.98 Å². The number of carbonyl (C=O) groups excluding carboxylic acids is 1. The van der Waals surface area contributed by atoms with Gasteiger partial charge in [0.05, 0.1) is 18.4 Å². The summed E-state index contributed by atoms with van der Waals surface area (Å²) in [6, 6.07) is 7.67. The van der Waals surface area contributed by atoms with E-state index in [-0.39, 0.29) is 17.2 Å². The van der Waals surface area contributed by atoms with Crippen molar-refractivity contribution in [2.24, 2.45) is 0 Å². The fourth-order valence-corrected chi connectivity index (χ4v) is 3.44. The largest absolute Gasteiger partial charge is 0.469 e. The molecule has 29 heavy (non-hydrogen) atoms. The van der Waals surface area contributed by atoms with Crippen LogP contribution >= 0.6 is 0 Å². The number of hydrogen-bond donors (Lipinski definition) is 1. The summed E-state index contributed by atoms with van der Waals surface area (Å²) in [7, 11) is 1.32. The molecule has 6 nitrogen and oxygen atoms in total. The Morgan fingerprint density at radius 1 is 1.24 bits per heavy atom. The van der Waals surface area contributed by atoms with Crippen molar-refractivity contribution in [1.82, 2.24) is 4.98 Å². The summed E-state index contributed by atoms with van der Waals surface area (Å²) in [6.07, 6.45) is 1.82. The van der Waals surface area contributed by atoms with Crippen LogP contribution in [0.2, 0.25) is 0 Å². The van der Waals surface area contributed by atoms with Gasteiger partial charge in [-0.1, -0.05) is 19.1 Å².